The van der Waals surface area contributed by atoms with E-state index in [4.69, 9.17) is 0 Å². The van der Waals surface area contributed by atoms with E-state index in [1.807, 2.05) is 67.1 Å². The summed E-state index contributed by atoms with van der Waals surface area (Å²) in [7, 11) is 0. The first-order valence-electron chi connectivity index (χ1n) is 10.2. The number of aromatic nitrogens is 1. The molecule has 2 nitrogen and oxygen atoms in total. The maximum Gasteiger partial charge on any atom is 0.416 e. The Bertz CT molecular complexity index is 1330. The number of aryl methyl sites for hydroxylation is 2. The van der Waals surface area contributed by atoms with Gasteiger partial charge in [0.15, 0.2) is 0 Å². The van der Waals surface area contributed by atoms with Crippen LogP contribution in [0.2, 0.25) is 0 Å². The molecule has 5 heteroatoms. The zero-order chi connectivity index (χ0) is 22.9. The summed E-state index contributed by atoms with van der Waals surface area (Å²) < 4.78 is 40.7. The number of nitriles is 1. The third kappa shape index (κ3) is 4.45. The van der Waals surface area contributed by atoms with Gasteiger partial charge in [0.25, 0.3) is 0 Å². The molecule has 0 aliphatic heterocycles. The Hall–Kier alpha value is -3.78. The maximum absolute atomic E-state index is 12.9. The Labute approximate surface area is 184 Å². The van der Waals surface area contributed by atoms with Crippen molar-refractivity contribution in [2.45, 2.75) is 26.6 Å². The molecule has 0 fully saturated rings. The van der Waals surface area contributed by atoms with E-state index < -0.39 is 11.7 Å². The third-order valence-electron chi connectivity index (χ3n) is 5.49. The molecule has 0 bridgehead atoms. The lowest BCUT2D eigenvalue weighted by molar-refractivity contribution is -0.137. The molecule has 0 aliphatic rings. The fraction of sp³-hybridized carbons (Fsp3) is 0.148. The smallest absolute Gasteiger partial charge is 0.342 e. The van der Waals surface area contributed by atoms with Crippen molar-refractivity contribution in [1.82, 2.24) is 4.57 Å². The standard InChI is InChI=1S/C27H21F3N2/c1-18-3-8-21(9-4-18)22(15-31)14-23-17-32(26-13-19(2)5-12-25(23)26)16-20-6-10-24(11-7-20)27(28,29)30/h3-14,17H,16H2,1-2H3/b22-14+. The number of alkyl halides is 3. The van der Waals surface area contributed by atoms with Gasteiger partial charge in [0.2, 0.25) is 0 Å². The highest BCUT2D eigenvalue weighted by atomic mass is 19.4. The van der Waals surface area contributed by atoms with Crippen molar-refractivity contribution >= 4 is 22.6 Å². The molecule has 3 aromatic carbocycles. The highest BCUT2D eigenvalue weighted by Gasteiger charge is 2.29. The van der Waals surface area contributed by atoms with Crippen LogP contribution in [0.5, 0.6) is 0 Å². The van der Waals surface area contributed by atoms with Gasteiger partial charge in [0.05, 0.1) is 17.2 Å². The summed E-state index contributed by atoms with van der Waals surface area (Å²) in [6.07, 6.45) is -0.531. The number of halogens is 3. The number of allylic oxidation sites excluding steroid dienone is 1. The van der Waals surface area contributed by atoms with E-state index in [0.717, 1.165) is 50.9 Å². The first-order valence-corrected chi connectivity index (χ1v) is 10.2. The highest BCUT2D eigenvalue weighted by Crippen LogP contribution is 2.30. The first kappa shape index (κ1) is 21.5. The summed E-state index contributed by atoms with van der Waals surface area (Å²) in [5.74, 6) is 0. The second-order valence-electron chi connectivity index (χ2n) is 7.96. The van der Waals surface area contributed by atoms with E-state index in [9.17, 15) is 18.4 Å². The van der Waals surface area contributed by atoms with Crippen LogP contribution < -0.4 is 0 Å². The van der Waals surface area contributed by atoms with Crippen molar-refractivity contribution < 1.29 is 13.2 Å². The average molecular weight is 430 g/mol. The van der Waals surface area contributed by atoms with Gasteiger partial charge < -0.3 is 4.57 Å². The zero-order valence-electron chi connectivity index (χ0n) is 17.7. The summed E-state index contributed by atoms with van der Waals surface area (Å²) in [6.45, 7) is 4.42. The minimum atomic E-state index is -4.35. The number of fused-ring (bicyclic) bond motifs is 1. The number of hydrogen-bond acceptors (Lipinski definition) is 1. The second-order valence-corrected chi connectivity index (χ2v) is 7.96. The molecule has 160 valence electrons. The van der Waals surface area contributed by atoms with E-state index in [1.54, 1.807) is 0 Å². The van der Waals surface area contributed by atoms with Gasteiger partial charge in [-0.1, -0.05) is 54.1 Å². The quantitative estimate of drug-likeness (QED) is 0.310. The summed E-state index contributed by atoms with van der Waals surface area (Å²) in [5, 5.41) is 10.7. The van der Waals surface area contributed by atoms with E-state index in [0.29, 0.717) is 12.1 Å². The molecule has 0 amide bonds. The van der Waals surface area contributed by atoms with Crippen molar-refractivity contribution in [3.63, 3.8) is 0 Å². The fourth-order valence-corrected chi connectivity index (χ4v) is 3.74. The Morgan fingerprint density at radius 1 is 0.938 bits per heavy atom. The molecule has 1 heterocycles. The van der Waals surface area contributed by atoms with Crippen molar-refractivity contribution in [1.29, 1.82) is 5.26 Å². The Kier molecular flexibility index (Phi) is 5.63. The third-order valence-corrected chi connectivity index (χ3v) is 5.49. The molecule has 1 aromatic heterocycles. The van der Waals surface area contributed by atoms with Crippen LogP contribution in [0.15, 0.2) is 72.9 Å². The largest absolute Gasteiger partial charge is 0.416 e. The van der Waals surface area contributed by atoms with E-state index >= 15 is 0 Å². The van der Waals surface area contributed by atoms with E-state index in [1.165, 1.54) is 12.1 Å². The lowest BCUT2D eigenvalue weighted by Gasteiger charge is -2.09. The van der Waals surface area contributed by atoms with Crippen molar-refractivity contribution in [3.05, 3.63) is 106 Å². The summed E-state index contributed by atoms with van der Waals surface area (Å²) in [6, 6.07) is 21.4. The summed E-state index contributed by atoms with van der Waals surface area (Å²) in [4.78, 5) is 0. The molecular formula is C27H21F3N2. The Morgan fingerprint density at radius 3 is 2.22 bits per heavy atom. The van der Waals surface area contributed by atoms with E-state index in [-0.39, 0.29) is 0 Å². The molecule has 4 rings (SSSR count). The summed E-state index contributed by atoms with van der Waals surface area (Å²) >= 11 is 0. The normalized spacial score (nSPS) is 12.2. The number of nitrogens with zero attached hydrogens (tertiary/aromatic N) is 2. The monoisotopic (exact) mass is 430 g/mol. The van der Waals surface area contributed by atoms with Crippen LogP contribution in [0.3, 0.4) is 0 Å². The maximum atomic E-state index is 12.9. The average Bonchev–Trinajstić information content (AvgIpc) is 3.08. The fourth-order valence-electron chi connectivity index (χ4n) is 3.74. The minimum Gasteiger partial charge on any atom is -0.342 e. The van der Waals surface area contributed by atoms with Crippen LogP contribution in [0.1, 0.15) is 33.4 Å². The van der Waals surface area contributed by atoms with Crippen LogP contribution in [0.4, 0.5) is 13.2 Å². The van der Waals surface area contributed by atoms with Gasteiger partial charge in [-0.15, -0.1) is 0 Å². The molecule has 0 spiro atoms. The molecule has 32 heavy (non-hydrogen) atoms. The predicted octanol–water partition coefficient (Wildman–Crippen LogP) is 7.39. The van der Waals surface area contributed by atoms with Gasteiger partial charge in [-0.2, -0.15) is 18.4 Å². The summed E-state index contributed by atoms with van der Waals surface area (Å²) in [5.41, 5.74) is 5.57. The predicted molar refractivity (Wildman–Crippen MR) is 122 cm³/mol. The lowest BCUT2D eigenvalue weighted by Crippen LogP contribution is -2.05. The lowest BCUT2D eigenvalue weighted by atomic mass is 10.0. The van der Waals surface area contributed by atoms with Gasteiger partial charge in [0, 0.05) is 29.2 Å². The van der Waals surface area contributed by atoms with Crippen molar-refractivity contribution in [3.8, 4) is 6.07 Å². The van der Waals surface area contributed by atoms with Gasteiger partial charge in [0.1, 0.15) is 0 Å². The first-order chi connectivity index (χ1) is 15.2. The molecule has 0 N–H and O–H groups in total. The molecule has 0 saturated heterocycles. The molecular weight excluding hydrogens is 409 g/mol. The molecule has 0 unspecified atom stereocenters. The van der Waals surface area contributed by atoms with Crippen LogP contribution in [0, 0.1) is 25.2 Å². The Morgan fingerprint density at radius 2 is 1.59 bits per heavy atom. The van der Waals surface area contributed by atoms with Crippen LogP contribution >= 0.6 is 0 Å². The van der Waals surface area contributed by atoms with Gasteiger partial charge >= 0.3 is 6.18 Å². The number of hydrogen-bond donors (Lipinski definition) is 0. The van der Waals surface area contributed by atoms with E-state index in [2.05, 4.69) is 12.1 Å². The molecule has 0 aliphatic carbocycles. The number of rotatable bonds is 4. The topological polar surface area (TPSA) is 28.7 Å². The van der Waals surface area contributed by atoms with Crippen molar-refractivity contribution in [2.24, 2.45) is 0 Å². The van der Waals surface area contributed by atoms with Gasteiger partial charge in [-0.25, -0.2) is 0 Å². The minimum absolute atomic E-state index is 0.429. The van der Waals surface area contributed by atoms with Crippen LogP contribution in [-0.4, -0.2) is 4.57 Å². The molecule has 0 radical (unpaired) electrons. The molecule has 0 atom stereocenters. The van der Waals surface area contributed by atoms with Crippen molar-refractivity contribution in [2.75, 3.05) is 0 Å². The number of benzene rings is 3. The van der Waals surface area contributed by atoms with Crippen LogP contribution in [-0.2, 0) is 12.7 Å². The molecule has 4 aromatic rings. The van der Waals surface area contributed by atoms with Gasteiger partial charge in [-0.3, -0.25) is 0 Å². The van der Waals surface area contributed by atoms with Crippen LogP contribution in [0.25, 0.3) is 22.6 Å². The molecule has 0 saturated carbocycles. The van der Waals surface area contributed by atoms with Gasteiger partial charge in [-0.05, 0) is 54.8 Å². The highest BCUT2D eigenvalue weighted by molar-refractivity contribution is 5.98. The second kappa shape index (κ2) is 8.39. The zero-order valence-corrected chi connectivity index (χ0v) is 17.7. The SMILES string of the molecule is Cc1ccc(/C(C#N)=C/c2cn(Cc3ccc(C(F)(F)F)cc3)c3cc(C)ccc23)cc1. The Balaban J connectivity index is 1.76.